The monoisotopic (exact) mass is 302 g/mol. The summed E-state index contributed by atoms with van der Waals surface area (Å²) in [6, 6.07) is 7.90. The first kappa shape index (κ1) is 13.5. The zero-order valence-electron chi connectivity index (χ0n) is 12.3. The number of hydrogen-bond donors (Lipinski definition) is 2. The number of nitrogens with zero attached hydrogens (tertiary/aromatic N) is 4. The second-order valence-electron chi connectivity index (χ2n) is 5.55. The molecule has 2 N–H and O–H groups in total. The van der Waals surface area contributed by atoms with Gasteiger partial charge in [0.25, 0.3) is 0 Å². The highest BCUT2D eigenvalue weighted by molar-refractivity contribution is 5.89. The molecule has 0 amide bonds. The van der Waals surface area contributed by atoms with Crippen LogP contribution in [0.2, 0.25) is 0 Å². The third-order valence-electron chi connectivity index (χ3n) is 3.80. The number of nitrogens with one attached hydrogen (secondary N) is 2. The Morgan fingerprint density at radius 1 is 1.30 bits per heavy atom. The molecule has 1 fully saturated rings. The number of aromatic amines is 1. The molecule has 0 atom stereocenters. The Kier molecular flexibility index (Phi) is 3.24. The third kappa shape index (κ3) is 2.77. The van der Waals surface area contributed by atoms with Crippen LogP contribution in [0.3, 0.4) is 0 Å². The summed E-state index contributed by atoms with van der Waals surface area (Å²) in [4.78, 5) is 15.8. The lowest BCUT2D eigenvalue weighted by Crippen LogP contribution is -1.97. The molecule has 1 aliphatic rings. The van der Waals surface area contributed by atoms with Gasteiger partial charge in [-0.1, -0.05) is 6.08 Å². The number of fused-ring (bicyclic) bond motifs is 1. The highest BCUT2D eigenvalue weighted by atomic mass is 15.0. The maximum atomic E-state index is 9.35. The van der Waals surface area contributed by atoms with Crippen molar-refractivity contribution in [2.24, 2.45) is 5.92 Å². The average Bonchev–Trinajstić information content (AvgIpc) is 3.27. The van der Waals surface area contributed by atoms with Gasteiger partial charge in [-0.15, -0.1) is 0 Å². The zero-order valence-corrected chi connectivity index (χ0v) is 12.3. The Morgan fingerprint density at radius 3 is 3.04 bits per heavy atom. The van der Waals surface area contributed by atoms with Crippen LogP contribution in [0.5, 0.6) is 0 Å². The van der Waals surface area contributed by atoms with Gasteiger partial charge in [-0.05, 0) is 37.0 Å². The summed E-state index contributed by atoms with van der Waals surface area (Å²) in [7, 11) is 0. The summed E-state index contributed by atoms with van der Waals surface area (Å²) in [5, 5.41) is 13.5. The van der Waals surface area contributed by atoms with Gasteiger partial charge in [-0.2, -0.15) is 5.26 Å². The van der Waals surface area contributed by atoms with Crippen LogP contribution >= 0.6 is 0 Å². The zero-order chi connectivity index (χ0) is 15.6. The minimum absolute atomic E-state index is 0.532. The van der Waals surface area contributed by atoms with Crippen LogP contribution in [0.1, 0.15) is 18.5 Å². The summed E-state index contributed by atoms with van der Waals surface area (Å²) >= 11 is 0. The predicted octanol–water partition coefficient (Wildman–Crippen LogP) is 3.41. The number of allylic oxidation sites excluding steroid dienone is 2. The molecule has 0 saturated heterocycles. The Bertz CT molecular complexity index is 929. The molecule has 23 heavy (non-hydrogen) atoms. The van der Waals surface area contributed by atoms with Crippen LogP contribution in [0.25, 0.3) is 16.6 Å². The molecule has 0 aliphatic heterocycles. The van der Waals surface area contributed by atoms with Gasteiger partial charge in [0.15, 0.2) is 0 Å². The van der Waals surface area contributed by atoms with Crippen molar-refractivity contribution >= 4 is 28.1 Å². The molecule has 3 heterocycles. The topological polar surface area (TPSA) is 90.3 Å². The Hall–Kier alpha value is -3.20. The first-order valence-corrected chi connectivity index (χ1v) is 7.47. The molecule has 6 nitrogen and oxygen atoms in total. The Labute approximate surface area is 132 Å². The molecular weight excluding hydrogens is 288 g/mol. The molecule has 1 aliphatic carbocycles. The standard InChI is InChI=1S/C17H14N6/c18-9-12(7-11-1-2-11)15-8-13(3-5-19-15)23-17-14-4-6-20-16(14)21-10-22-17/h3-8,10-11H,1-2H2,(H2,19,20,21,22,23). The first-order chi connectivity index (χ1) is 11.3. The minimum Gasteiger partial charge on any atom is -0.346 e. The minimum atomic E-state index is 0.532. The maximum Gasteiger partial charge on any atom is 0.143 e. The summed E-state index contributed by atoms with van der Waals surface area (Å²) in [6.45, 7) is 0. The smallest absolute Gasteiger partial charge is 0.143 e. The van der Waals surface area contributed by atoms with E-state index in [0.29, 0.717) is 17.2 Å². The van der Waals surface area contributed by atoms with E-state index in [-0.39, 0.29) is 0 Å². The number of anilines is 2. The fourth-order valence-corrected chi connectivity index (χ4v) is 2.44. The van der Waals surface area contributed by atoms with Crippen molar-refractivity contribution in [1.29, 1.82) is 5.26 Å². The van der Waals surface area contributed by atoms with Gasteiger partial charge in [0.2, 0.25) is 0 Å². The quantitative estimate of drug-likeness (QED) is 0.721. The fraction of sp³-hybridized carbons (Fsp3) is 0.176. The van der Waals surface area contributed by atoms with E-state index < -0.39 is 0 Å². The van der Waals surface area contributed by atoms with Crippen molar-refractivity contribution < 1.29 is 0 Å². The van der Waals surface area contributed by atoms with Gasteiger partial charge < -0.3 is 10.3 Å². The number of rotatable bonds is 4. The number of nitriles is 1. The van der Waals surface area contributed by atoms with Crippen LogP contribution < -0.4 is 5.32 Å². The second-order valence-corrected chi connectivity index (χ2v) is 5.55. The van der Waals surface area contributed by atoms with E-state index in [9.17, 15) is 5.26 Å². The molecule has 0 bridgehead atoms. The van der Waals surface area contributed by atoms with Crippen molar-refractivity contribution in [2.75, 3.05) is 5.32 Å². The van der Waals surface area contributed by atoms with Crippen molar-refractivity contribution in [3.8, 4) is 6.07 Å². The van der Waals surface area contributed by atoms with Crippen molar-refractivity contribution in [2.45, 2.75) is 12.8 Å². The molecule has 0 radical (unpaired) electrons. The van der Waals surface area contributed by atoms with Gasteiger partial charge >= 0.3 is 0 Å². The summed E-state index contributed by atoms with van der Waals surface area (Å²) < 4.78 is 0. The van der Waals surface area contributed by atoms with Crippen molar-refractivity contribution in [3.05, 3.63) is 48.7 Å². The van der Waals surface area contributed by atoms with Gasteiger partial charge in [0.05, 0.1) is 16.7 Å². The number of pyridine rings is 1. The molecule has 4 rings (SSSR count). The number of H-pyrrole nitrogens is 1. The van der Waals surface area contributed by atoms with Gasteiger partial charge in [-0.25, -0.2) is 9.97 Å². The van der Waals surface area contributed by atoms with E-state index in [1.54, 1.807) is 6.20 Å². The molecule has 0 spiro atoms. The number of aromatic nitrogens is 4. The Balaban J connectivity index is 1.66. The molecule has 0 aromatic carbocycles. The van der Waals surface area contributed by atoms with E-state index in [1.165, 1.54) is 6.33 Å². The summed E-state index contributed by atoms with van der Waals surface area (Å²) in [5.74, 6) is 1.25. The van der Waals surface area contributed by atoms with E-state index in [0.717, 1.165) is 35.4 Å². The van der Waals surface area contributed by atoms with Crippen molar-refractivity contribution in [1.82, 2.24) is 19.9 Å². The van der Waals surface area contributed by atoms with Crippen LogP contribution in [0.4, 0.5) is 11.5 Å². The van der Waals surface area contributed by atoms with E-state index in [2.05, 4.69) is 31.3 Å². The van der Waals surface area contributed by atoms with E-state index >= 15 is 0 Å². The lowest BCUT2D eigenvalue weighted by molar-refractivity contribution is 1.12. The van der Waals surface area contributed by atoms with Crippen LogP contribution in [-0.4, -0.2) is 19.9 Å². The molecule has 0 unspecified atom stereocenters. The largest absolute Gasteiger partial charge is 0.346 e. The third-order valence-corrected chi connectivity index (χ3v) is 3.80. The molecule has 6 heteroatoms. The maximum absolute atomic E-state index is 9.35. The van der Waals surface area contributed by atoms with Crippen LogP contribution in [0, 0.1) is 17.2 Å². The Morgan fingerprint density at radius 2 is 2.22 bits per heavy atom. The molecule has 1 saturated carbocycles. The summed E-state index contributed by atoms with van der Waals surface area (Å²) in [6.07, 6.45) is 9.38. The second kappa shape index (κ2) is 5.54. The summed E-state index contributed by atoms with van der Waals surface area (Å²) in [5.41, 5.74) is 2.94. The average molecular weight is 302 g/mol. The fourth-order valence-electron chi connectivity index (χ4n) is 2.44. The molecule has 3 aromatic rings. The molecular formula is C17H14N6. The predicted molar refractivity (Wildman–Crippen MR) is 87.7 cm³/mol. The first-order valence-electron chi connectivity index (χ1n) is 7.47. The normalized spacial score (nSPS) is 14.7. The van der Waals surface area contributed by atoms with Gasteiger partial charge in [-0.3, -0.25) is 4.98 Å². The lowest BCUT2D eigenvalue weighted by Gasteiger charge is -2.07. The number of hydrogen-bond acceptors (Lipinski definition) is 5. The van der Waals surface area contributed by atoms with Crippen LogP contribution in [0.15, 0.2) is 43.0 Å². The highest BCUT2D eigenvalue weighted by Gasteiger charge is 2.20. The van der Waals surface area contributed by atoms with Gasteiger partial charge in [0, 0.05) is 18.1 Å². The highest BCUT2D eigenvalue weighted by Crippen LogP contribution is 2.33. The van der Waals surface area contributed by atoms with Gasteiger partial charge in [0.1, 0.15) is 23.9 Å². The SMILES string of the molecule is N#CC(=CC1CC1)c1cc(Nc2ncnc3[nH]ccc23)ccn1. The van der Waals surface area contributed by atoms with Crippen LogP contribution in [-0.2, 0) is 0 Å². The van der Waals surface area contributed by atoms with Crippen molar-refractivity contribution in [3.63, 3.8) is 0 Å². The lowest BCUT2D eigenvalue weighted by atomic mass is 10.1. The van der Waals surface area contributed by atoms with E-state index in [1.807, 2.05) is 30.5 Å². The molecule has 112 valence electrons. The van der Waals surface area contributed by atoms with E-state index in [4.69, 9.17) is 0 Å². The molecule has 3 aromatic heterocycles.